The lowest BCUT2D eigenvalue weighted by Crippen LogP contribution is -2.22. The Balaban J connectivity index is 2.15. The second-order valence-electron chi connectivity index (χ2n) is 5.32. The molecule has 0 bridgehead atoms. The molecule has 0 aromatic carbocycles. The van der Waals surface area contributed by atoms with E-state index in [0.29, 0.717) is 11.5 Å². The van der Waals surface area contributed by atoms with Gasteiger partial charge in [0.2, 0.25) is 5.88 Å². The van der Waals surface area contributed by atoms with E-state index in [9.17, 15) is 17.6 Å². The van der Waals surface area contributed by atoms with Gasteiger partial charge in [-0.2, -0.15) is 13.9 Å². The first-order valence-corrected chi connectivity index (χ1v) is 7.91. The zero-order chi connectivity index (χ0) is 17.2. The quantitative estimate of drug-likeness (QED) is 0.721. The molecule has 0 spiro atoms. The zero-order valence-corrected chi connectivity index (χ0v) is 13.7. The highest BCUT2D eigenvalue weighted by molar-refractivity contribution is 8.13. The minimum atomic E-state index is -3.12. The number of aryl methyl sites for hydroxylation is 1. The van der Waals surface area contributed by atoms with E-state index in [1.807, 2.05) is 13.8 Å². The van der Waals surface area contributed by atoms with E-state index in [2.05, 4.69) is 15.0 Å². The highest BCUT2D eigenvalue weighted by Crippen LogP contribution is 2.36. The Morgan fingerprint density at radius 2 is 2.09 bits per heavy atom. The zero-order valence-electron chi connectivity index (χ0n) is 12.9. The molecular formula is C13H17F4N3O2S. The van der Waals surface area contributed by atoms with E-state index in [0.717, 1.165) is 22.9 Å². The Morgan fingerprint density at radius 3 is 2.61 bits per heavy atom. The van der Waals surface area contributed by atoms with E-state index in [1.54, 1.807) is 0 Å². The average Bonchev–Trinajstić information content (AvgIpc) is 2.99. The number of aromatic nitrogens is 2. The molecule has 1 aromatic heterocycles. The number of alkyl halides is 4. The standard InChI is InChI=1S/C13H17F4N3O2S/c1-4-13(2)5-8(19-22-13)23-6-7-9(10(14)15)18-20(3)11(7)21-12(16)17/h10,12H,4-6H2,1-3H3. The molecule has 1 atom stereocenters. The molecule has 0 aliphatic carbocycles. The smallest absolute Gasteiger partial charge is 0.388 e. The van der Waals surface area contributed by atoms with Crippen LogP contribution in [-0.2, 0) is 17.6 Å². The largest absolute Gasteiger partial charge is 0.417 e. The van der Waals surface area contributed by atoms with Crippen LogP contribution in [0.3, 0.4) is 0 Å². The Labute approximate surface area is 135 Å². The first-order chi connectivity index (χ1) is 10.8. The van der Waals surface area contributed by atoms with Crippen LogP contribution in [0.25, 0.3) is 0 Å². The number of halogens is 4. The van der Waals surface area contributed by atoms with Gasteiger partial charge >= 0.3 is 6.61 Å². The summed E-state index contributed by atoms with van der Waals surface area (Å²) < 4.78 is 56.3. The Kier molecular flexibility index (Phi) is 5.43. The fraction of sp³-hybridized carbons (Fsp3) is 0.692. The van der Waals surface area contributed by atoms with Gasteiger partial charge in [0.15, 0.2) is 0 Å². The second kappa shape index (κ2) is 6.98. The summed E-state index contributed by atoms with van der Waals surface area (Å²) >= 11 is 1.15. The maximum absolute atomic E-state index is 13.1. The molecule has 2 heterocycles. The van der Waals surface area contributed by atoms with Crippen LogP contribution >= 0.6 is 11.8 Å². The molecule has 1 aliphatic rings. The van der Waals surface area contributed by atoms with Gasteiger partial charge < -0.3 is 9.57 Å². The van der Waals surface area contributed by atoms with Gasteiger partial charge in [-0.05, 0) is 13.3 Å². The Bertz CT molecular complexity index is 594. The summed E-state index contributed by atoms with van der Waals surface area (Å²) in [6.45, 7) is 0.729. The van der Waals surface area contributed by atoms with E-state index in [4.69, 9.17) is 4.84 Å². The van der Waals surface area contributed by atoms with Crippen LogP contribution < -0.4 is 4.74 Å². The molecule has 130 valence electrons. The van der Waals surface area contributed by atoms with Gasteiger partial charge in [0.1, 0.15) is 16.3 Å². The molecule has 0 amide bonds. The molecule has 0 fully saturated rings. The predicted octanol–water partition coefficient (Wildman–Crippen LogP) is 4.09. The predicted molar refractivity (Wildman–Crippen MR) is 77.9 cm³/mol. The normalized spacial score (nSPS) is 21.0. The van der Waals surface area contributed by atoms with Crippen molar-refractivity contribution in [1.82, 2.24) is 9.78 Å². The van der Waals surface area contributed by atoms with Crippen molar-refractivity contribution in [3.05, 3.63) is 11.3 Å². The van der Waals surface area contributed by atoms with Crippen molar-refractivity contribution in [2.75, 3.05) is 0 Å². The molecule has 0 N–H and O–H groups in total. The average molecular weight is 355 g/mol. The van der Waals surface area contributed by atoms with Crippen LogP contribution in [0.1, 0.15) is 44.4 Å². The highest BCUT2D eigenvalue weighted by atomic mass is 32.2. The van der Waals surface area contributed by atoms with Gasteiger partial charge in [-0.1, -0.05) is 12.1 Å². The summed E-state index contributed by atoms with van der Waals surface area (Å²) in [5.41, 5.74) is -1.03. The molecule has 1 unspecified atom stereocenters. The summed E-state index contributed by atoms with van der Waals surface area (Å²) in [7, 11) is 1.28. The summed E-state index contributed by atoms with van der Waals surface area (Å²) in [5, 5.41) is 8.13. The van der Waals surface area contributed by atoms with Crippen LogP contribution in [-0.4, -0.2) is 27.0 Å². The fourth-order valence-electron chi connectivity index (χ4n) is 2.08. The van der Waals surface area contributed by atoms with Gasteiger partial charge in [0.25, 0.3) is 6.43 Å². The van der Waals surface area contributed by atoms with Gasteiger partial charge in [-0.3, -0.25) is 0 Å². The van der Waals surface area contributed by atoms with Gasteiger partial charge in [0.05, 0.1) is 5.56 Å². The molecule has 0 saturated carbocycles. The fourth-order valence-corrected chi connectivity index (χ4v) is 3.16. The summed E-state index contributed by atoms with van der Waals surface area (Å²) in [4.78, 5) is 5.32. The third kappa shape index (κ3) is 4.10. The van der Waals surface area contributed by atoms with Crippen molar-refractivity contribution in [3.63, 3.8) is 0 Å². The lowest BCUT2D eigenvalue weighted by molar-refractivity contribution is -0.0558. The summed E-state index contributed by atoms with van der Waals surface area (Å²) in [6, 6.07) is 0. The molecule has 0 radical (unpaired) electrons. The van der Waals surface area contributed by atoms with Crippen LogP contribution in [0.2, 0.25) is 0 Å². The first-order valence-electron chi connectivity index (χ1n) is 6.92. The number of ether oxygens (including phenoxy) is 1. The second-order valence-corrected chi connectivity index (χ2v) is 6.37. The molecule has 23 heavy (non-hydrogen) atoms. The summed E-state index contributed by atoms with van der Waals surface area (Å²) in [5.74, 6) is -0.363. The molecular weight excluding hydrogens is 338 g/mol. The van der Waals surface area contributed by atoms with Gasteiger partial charge in [-0.25, -0.2) is 13.5 Å². The minimum Gasteiger partial charge on any atom is -0.417 e. The molecule has 10 heteroatoms. The lowest BCUT2D eigenvalue weighted by Gasteiger charge is -2.18. The molecule has 1 aliphatic heterocycles. The van der Waals surface area contributed by atoms with Crippen molar-refractivity contribution in [1.29, 1.82) is 0 Å². The number of hydrogen-bond donors (Lipinski definition) is 0. The maximum Gasteiger partial charge on any atom is 0.388 e. The van der Waals surface area contributed by atoms with E-state index in [-0.39, 0.29) is 17.2 Å². The molecule has 0 saturated heterocycles. The van der Waals surface area contributed by atoms with Crippen molar-refractivity contribution < 1.29 is 27.1 Å². The van der Waals surface area contributed by atoms with Crippen molar-refractivity contribution in [2.45, 2.75) is 51.1 Å². The molecule has 1 aromatic rings. The monoisotopic (exact) mass is 355 g/mol. The summed E-state index contributed by atoms with van der Waals surface area (Å²) in [6.07, 6.45) is -1.59. The van der Waals surface area contributed by atoms with Crippen LogP contribution in [0.15, 0.2) is 5.16 Å². The topological polar surface area (TPSA) is 48.6 Å². The van der Waals surface area contributed by atoms with Gasteiger partial charge in [0, 0.05) is 19.2 Å². The minimum absolute atomic E-state index is 0.00243. The maximum atomic E-state index is 13.1. The number of rotatable bonds is 6. The number of nitrogens with zero attached hydrogens (tertiary/aromatic N) is 3. The Hall–Kier alpha value is -1.45. The number of oxime groups is 1. The number of hydrogen-bond acceptors (Lipinski definition) is 5. The number of thioether (sulfide) groups is 1. The van der Waals surface area contributed by atoms with Crippen LogP contribution in [0.5, 0.6) is 5.88 Å². The Morgan fingerprint density at radius 1 is 1.39 bits per heavy atom. The molecule has 5 nitrogen and oxygen atoms in total. The SMILES string of the molecule is CCC1(C)CC(SCc2c(C(F)F)nn(C)c2OC(F)F)=NO1. The van der Waals surface area contributed by atoms with Crippen LogP contribution in [0, 0.1) is 0 Å². The van der Waals surface area contributed by atoms with E-state index < -0.39 is 24.3 Å². The van der Waals surface area contributed by atoms with E-state index >= 15 is 0 Å². The van der Waals surface area contributed by atoms with Crippen molar-refractivity contribution in [2.24, 2.45) is 12.2 Å². The third-order valence-electron chi connectivity index (χ3n) is 3.55. The highest BCUT2D eigenvalue weighted by Gasteiger charge is 2.33. The van der Waals surface area contributed by atoms with Crippen LogP contribution in [0.4, 0.5) is 17.6 Å². The third-order valence-corrected chi connectivity index (χ3v) is 4.54. The van der Waals surface area contributed by atoms with Crippen molar-refractivity contribution in [3.8, 4) is 5.88 Å². The molecule has 2 rings (SSSR count). The first kappa shape index (κ1) is 17.9. The lowest BCUT2D eigenvalue weighted by atomic mass is 10.0. The van der Waals surface area contributed by atoms with Crippen molar-refractivity contribution >= 4 is 16.8 Å². The van der Waals surface area contributed by atoms with E-state index in [1.165, 1.54) is 7.05 Å². The van der Waals surface area contributed by atoms with Gasteiger partial charge in [-0.15, -0.1) is 11.8 Å².